The lowest BCUT2D eigenvalue weighted by molar-refractivity contribution is 0.0819. The SMILES string of the molecule is COC1CCN(c2ccnc3c2=CC(C(C=N)=C(N)c2ccc(F)cc2)CC=3)CC1. The Kier molecular flexibility index (Phi) is 5.95. The fourth-order valence-electron chi connectivity index (χ4n) is 4.33. The van der Waals surface area contributed by atoms with E-state index in [2.05, 4.69) is 28.1 Å². The highest BCUT2D eigenvalue weighted by molar-refractivity contribution is 5.91. The molecule has 1 aromatic heterocycles. The van der Waals surface area contributed by atoms with Crippen molar-refractivity contribution >= 4 is 29.8 Å². The Morgan fingerprint density at radius 2 is 1.97 bits per heavy atom. The zero-order valence-corrected chi connectivity index (χ0v) is 17.1. The summed E-state index contributed by atoms with van der Waals surface area (Å²) in [5, 5.41) is 10.1. The molecule has 2 aliphatic rings. The van der Waals surface area contributed by atoms with E-state index in [0.29, 0.717) is 11.8 Å². The number of anilines is 1. The molecule has 1 saturated heterocycles. The Labute approximate surface area is 175 Å². The number of aromatic nitrogens is 1. The van der Waals surface area contributed by atoms with E-state index in [1.807, 2.05) is 6.20 Å². The van der Waals surface area contributed by atoms with Crippen molar-refractivity contribution in [2.24, 2.45) is 11.7 Å². The molecule has 0 radical (unpaired) electrons. The minimum atomic E-state index is -0.303. The summed E-state index contributed by atoms with van der Waals surface area (Å²) in [6.07, 6.45) is 10.5. The van der Waals surface area contributed by atoms with Gasteiger partial charge in [0, 0.05) is 60.7 Å². The van der Waals surface area contributed by atoms with Crippen LogP contribution in [0.1, 0.15) is 24.8 Å². The maximum atomic E-state index is 13.3. The average Bonchev–Trinajstić information content (AvgIpc) is 2.79. The number of fused-ring (bicyclic) bond motifs is 1. The second-order valence-corrected chi connectivity index (χ2v) is 7.78. The van der Waals surface area contributed by atoms with Crippen LogP contribution in [-0.2, 0) is 4.74 Å². The van der Waals surface area contributed by atoms with Gasteiger partial charge in [-0.3, -0.25) is 4.98 Å². The largest absolute Gasteiger partial charge is 0.398 e. The number of nitrogens with one attached hydrogen (secondary N) is 1. The molecule has 1 aliphatic heterocycles. The van der Waals surface area contributed by atoms with E-state index < -0.39 is 0 Å². The van der Waals surface area contributed by atoms with Crippen LogP contribution in [0, 0.1) is 17.1 Å². The molecule has 30 heavy (non-hydrogen) atoms. The summed E-state index contributed by atoms with van der Waals surface area (Å²) in [6, 6.07) is 8.15. The second-order valence-electron chi connectivity index (χ2n) is 7.78. The summed E-state index contributed by atoms with van der Waals surface area (Å²) in [5.74, 6) is -0.332. The Balaban J connectivity index is 1.71. The number of hydrogen-bond donors (Lipinski definition) is 2. The van der Waals surface area contributed by atoms with Crippen molar-refractivity contribution in [1.29, 1.82) is 5.41 Å². The minimum absolute atomic E-state index is 0.0282. The van der Waals surface area contributed by atoms with Crippen LogP contribution in [0.5, 0.6) is 0 Å². The molecule has 1 aromatic carbocycles. The standard InChI is InChI=1S/C24H27FN4O/c1-30-19-9-12-29(13-10-19)23-8-11-28-22-7-4-17(14-20(22)23)21(15-26)24(27)16-2-5-18(25)6-3-16/h2-3,5-8,11,14-15,17,19,26H,4,9-10,12-13,27H2,1H3. The molecule has 6 heteroatoms. The number of piperidine rings is 1. The highest BCUT2D eigenvalue weighted by atomic mass is 19.1. The number of ether oxygens (including phenoxy) is 1. The van der Waals surface area contributed by atoms with Crippen molar-refractivity contribution in [2.45, 2.75) is 25.4 Å². The first-order valence-electron chi connectivity index (χ1n) is 10.3. The van der Waals surface area contributed by atoms with E-state index in [0.717, 1.165) is 54.1 Å². The summed E-state index contributed by atoms with van der Waals surface area (Å²) in [5.41, 5.74) is 9.53. The molecule has 0 bridgehead atoms. The minimum Gasteiger partial charge on any atom is -0.398 e. The van der Waals surface area contributed by atoms with Gasteiger partial charge < -0.3 is 20.8 Å². The smallest absolute Gasteiger partial charge is 0.123 e. The van der Waals surface area contributed by atoms with Gasteiger partial charge in [-0.05, 0) is 55.2 Å². The van der Waals surface area contributed by atoms with Gasteiger partial charge in [-0.1, -0.05) is 12.2 Å². The highest BCUT2D eigenvalue weighted by Crippen LogP contribution is 2.25. The molecule has 1 unspecified atom stereocenters. The van der Waals surface area contributed by atoms with E-state index >= 15 is 0 Å². The van der Waals surface area contributed by atoms with Crippen molar-refractivity contribution in [1.82, 2.24) is 4.98 Å². The van der Waals surface area contributed by atoms with Crippen molar-refractivity contribution in [2.75, 3.05) is 25.1 Å². The molecular weight excluding hydrogens is 379 g/mol. The van der Waals surface area contributed by atoms with Gasteiger partial charge in [-0.15, -0.1) is 0 Å². The van der Waals surface area contributed by atoms with Gasteiger partial charge in [-0.2, -0.15) is 0 Å². The number of hydrogen-bond acceptors (Lipinski definition) is 5. The third-order valence-electron chi connectivity index (χ3n) is 6.07. The molecule has 0 spiro atoms. The lowest BCUT2D eigenvalue weighted by atomic mass is 9.88. The zero-order chi connectivity index (χ0) is 21.1. The average molecular weight is 407 g/mol. The fraction of sp³-hybridized carbons (Fsp3) is 0.333. The van der Waals surface area contributed by atoms with Crippen molar-refractivity contribution in [3.8, 4) is 0 Å². The van der Waals surface area contributed by atoms with E-state index in [4.69, 9.17) is 15.9 Å². The number of rotatable bonds is 5. The van der Waals surface area contributed by atoms with Crippen molar-refractivity contribution in [3.63, 3.8) is 0 Å². The Morgan fingerprint density at radius 3 is 2.63 bits per heavy atom. The van der Waals surface area contributed by atoms with Gasteiger partial charge in [0.05, 0.1) is 11.5 Å². The van der Waals surface area contributed by atoms with Crippen LogP contribution in [0.2, 0.25) is 0 Å². The Bertz CT molecular complexity index is 1070. The van der Waals surface area contributed by atoms with Crippen LogP contribution in [0.4, 0.5) is 10.1 Å². The van der Waals surface area contributed by atoms with Crippen LogP contribution in [0.3, 0.4) is 0 Å². The van der Waals surface area contributed by atoms with Gasteiger partial charge in [0.1, 0.15) is 5.82 Å². The van der Waals surface area contributed by atoms with Gasteiger partial charge in [0.25, 0.3) is 0 Å². The predicted octanol–water partition coefficient (Wildman–Crippen LogP) is 2.44. The summed E-state index contributed by atoms with van der Waals surface area (Å²) in [4.78, 5) is 6.94. The molecule has 156 valence electrons. The van der Waals surface area contributed by atoms with Crippen LogP contribution >= 0.6 is 0 Å². The van der Waals surface area contributed by atoms with Gasteiger partial charge >= 0.3 is 0 Å². The molecule has 1 fully saturated rings. The molecule has 2 aromatic rings. The molecule has 5 nitrogen and oxygen atoms in total. The molecule has 4 rings (SSSR count). The number of benzene rings is 1. The van der Waals surface area contributed by atoms with Crippen LogP contribution < -0.4 is 21.2 Å². The van der Waals surface area contributed by atoms with E-state index in [-0.39, 0.29) is 11.7 Å². The molecule has 3 N–H and O–H groups in total. The highest BCUT2D eigenvalue weighted by Gasteiger charge is 2.22. The first-order valence-corrected chi connectivity index (χ1v) is 10.3. The number of nitrogens with zero attached hydrogens (tertiary/aromatic N) is 2. The van der Waals surface area contributed by atoms with Gasteiger partial charge in [-0.25, -0.2) is 4.39 Å². The second kappa shape index (κ2) is 8.79. The third kappa shape index (κ3) is 4.00. The maximum Gasteiger partial charge on any atom is 0.123 e. The zero-order valence-electron chi connectivity index (χ0n) is 17.1. The lowest BCUT2D eigenvalue weighted by Crippen LogP contribution is -2.43. The molecule has 0 saturated carbocycles. The number of nitrogens with two attached hydrogens (primary N) is 1. The summed E-state index contributed by atoms with van der Waals surface area (Å²) >= 11 is 0. The normalized spacial score (nSPS) is 19.9. The molecule has 2 heterocycles. The molecule has 1 aliphatic carbocycles. The van der Waals surface area contributed by atoms with E-state index in [9.17, 15) is 4.39 Å². The summed E-state index contributed by atoms with van der Waals surface area (Å²) < 4.78 is 18.8. The third-order valence-corrected chi connectivity index (χ3v) is 6.07. The van der Waals surface area contributed by atoms with Crippen LogP contribution in [-0.4, -0.2) is 37.5 Å². The monoisotopic (exact) mass is 406 g/mol. The maximum absolute atomic E-state index is 13.3. The first kappa shape index (κ1) is 20.3. The van der Waals surface area contributed by atoms with E-state index in [1.165, 1.54) is 24.0 Å². The van der Waals surface area contributed by atoms with Gasteiger partial charge in [0.2, 0.25) is 0 Å². The molecular formula is C24H27FN4O. The number of allylic oxidation sites excluding steroid dienone is 1. The van der Waals surface area contributed by atoms with Crippen molar-refractivity contribution in [3.05, 3.63) is 64.1 Å². The number of methoxy groups -OCH3 is 1. The first-order chi connectivity index (χ1) is 14.6. The molecule has 1 atom stereocenters. The van der Waals surface area contributed by atoms with Crippen LogP contribution in [0.25, 0.3) is 17.8 Å². The quantitative estimate of drug-likeness (QED) is 0.748. The Morgan fingerprint density at radius 1 is 1.23 bits per heavy atom. The lowest BCUT2D eigenvalue weighted by Gasteiger charge is -2.33. The van der Waals surface area contributed by atoms with Crippen LogP contribution in [0.15, 0.2) is 42.1 Å². The molecule has 0 amide bonds. The van der Waals surface area contributed by atoms with E-state index in [1.54, 1.807) is 19.2 Å². The number of halogens is 1. The Hall–Kier alpha value is -2.99. The summed E-state index contributed by atoms with van der Waals surface area (Å²) in [7, 11) is 1.78. The topological polar surface area (TPSA) is 75.2 Å². The van der Waals surface area contributed by atoms with Gasteiger partial charge in [0.15, 0.2) is 0 Å². The summed E-state index contributed by atoms with van der Waals surface area (Å²) in [6.45, 7) is 1.89. The fourth-order valence-corrected chi connectivity index (χ4v) is 4.33. The van der Waals surface area contributed by atoms with Crippen molar-refractivity contribution < 1.29 is 9.13 Å². The predicted molar refractivity (Wildman–Crippen MR) is 119 cm³/mol. The number of pyridine rings is 1.